The van der Waals surface area contributed by atoms with Gasteiger partial charge in [0, 0.05) is 6.54 Å². The minimum Gasteiger partial charge on any atom is -0.375 e. The van der Waals surface area contributed by atoms with Crippen LogP contribution in [0.25, 0.3) is 0 Å². The summed E-state index contributed by atoms with van der Waals surface area (Å²) >= 11 is 0. The number of carbonyl (C=O) groups is 2. The second-order valence-electron chi connectivity index (χ2n) is 3.79. The quantitative estimate of drug-likeness (QED) is 0.471. The Kier molecular flexibility index (Phi) is 4.26. The molecule has 88 valence electrons. The smallest absolute Gasteiger partial charge is 0.312 e. The maximum Gasteiger partial charge on any atom is 0.312 e. The Morgan fingerprint density at radius 1 is 1.56 bits per heavy atom. The molecule has 0 aromatic heterocycles. The molecule has 2 unspecified atom stereocenters. The molecule has 2 atom stereocenters. The molecule has 1 heterocycles. The molecular formula is C10H15N3O3. The summed E-state index contributed by atoms with van der Waals surface area (Å²) in [5.41, 5.74) is 0. The zero-order valence-electron chi connectivity index (χ0n) is 9.40. The van der Waals surface area contributed by atoms with E-state index in [-0.39, 0.29) is 18.7 Å². The van der Waals surface area contributed by atoms with Crippen LogP contribution in [-0.4, -0.2) is 48.6 Å². The van der Waals surface area contributed by atoms with Gasteiger partial charge in [0.05, 0.1) is 24.8 Å². The molecule has 1 N–H and O–H groups in total. The van der Waals surface area contributed by atoms with Crippen LogP contribution in [0.5, 0.6) is 0 Å². The van der Waals surface area contributed by atoms with Crippen molar-refractivity contribution >= 4 is 11.8 Å². The predicted molar refractivity (Wildman–Crippen MR) is 55.2 cm³/mol. The van der Waals surface area contributed by atoms with E-state index in [9.17, 15) is 9.59 Å². The van der Waals surface area contributed by atoms with Crippen molar-refractivity contribution in [2.24, 2.45) is 0 Å². The Hall–Kier alpha value is -1.61. The third kappa shape index (κ3) is 2.94. The molecule has 0 spiro atoms. The van der Waals surface area contributed by atoms with Gasteiger partial charge in [-0.2, -0.15) is 5.26 Å². The molecular weight excluding hydrogens is 210 g/mol. The highest BCUT2D eigenvalue weighted by Gasteiger charge is 2.31. The lowest BCUT2D eigenvalue weighted by Crippen LogP contribution is -2.54. The molecule has 1 fully saturated rings. The molecule has 6 heteroatoms. The van der Waals surface area contributed by atoms with Gasteiger partial charge in [-0.15, -0.1) is 0 Å². The summed E-state index contributed by atoms with van der Waals surface area (Å²) in [4.78, 5) is 24.5. The van der Waals surface area contributed by atoms with Crippen LogP contribution in [0.2, 0.25) is 0 Å². The van der Waals surface area contributed by atoms with Crippen molar-refractivity contribution < 1.29 is 14.3 Å². The van der Waals surface area contributed by atoms with Gasteiger partial charge in [0.2, 0.25) is 0 Å². The topological polar surface area (TPSA) is 82.4 Å². The number of rotatable bonds is 1. The Labute approximate surface area is 94.2 Å². The Bertz CT molecular complexity index is 324. The summed E-state index contributed by atoms with van der Waals surface area (Å²) < 4.78 is 5.35. The van der Waals surface area contributed by atoms with Crippen LogP contribution >= 0.6 is 0 Å². The highest BCUT2D eigenvalue weighted by Crippen LogP contribution is 2.11. The van der Waals surface area contributed by atoms with Crippen molar-refractivity contribution in [2.45, 2.75) is 26.0 Å². The van der Waals surface area contributed by atoms with Crippen LogP contribution in [-0.2, 0) is 14.3 Å². The number of nitrogens with one attached hydrogen (secondary N) is 1. The van der Waals surface area contributed by atoms with Crippen molar-refractivity contribution in [1.82, 2.24) is 10.2 Å². The molecule has 1 rings (SSSR count). The molecule has 1 saturated heterocycles. The van der Waals surface area contributed by atoms with E-state index in [4.69, 9.17) is 10.00 Å². The average molecular weight is 225 g/mol. The van der Waals surface area contributed by atoms with Gasteiger partial charge in [0.15, 0.2) is 0 Å². The summed E-state index contributed by atoms with van der Waals surface area (Å²) in [5.74, 6) is -1.33. The van der Waals surface area contributed by atoms with Crippen molar-refractivity contribution in [1.29, 1.82) is 5.26 Å². The van der Waals surface area contributed by atoms with E-state index >= 15 is 0 Å². The monoisotopic (exact) mass is 225 g/mol. The summed E-state index contributed by atoms with van der Waals surface area (Å²) in [5, 5.41) is 10.5. The number of hydrogen-bond acceptors (Lipinski definition) is 4. The third-order valence-corrected chi connectivity index (χ3v) is 2.39. The predicted octanol–water partition coefficient (Wildman–Crippen LogP) is -0.738. The zero-order valence-corrected chi connectivity index (χ0v) is 9.40. The van der Waals surface area contributed by atoms with Crippen molar-refractivity contribution in [3.63, 3.8) is 0 Å². The summed E-state index contributed by atoms with van der Waals surface area (Å²) in [6.07, 6.45) is -0.0658. The number of nitriles is 1. The van der Waals surface area contributed by atoms with Gasteiger partial charge in [-0.25, -0.2) is 0 Å². The number of morpholine rings is 1. The van der Waals surface area contributed by atoms with Crippen LogP contribution < -0.4 is 5.32 Å². The number of ether oxygens (including phenoxy) is 1. The van der Waals surface area contributed by atoms with Gasteiger partial charge in [0.25, 0.3) is 0 Å². The zero-order chi connectivity index (χ0) is 12.1. The van der Waals surface area contributed by atoms with Crippen LogP contribution in [0.1, 0.15) is 13.8 Å². The first kappa shape index (κ1) is 12.5. The molecule has 1 aliphatic rings. The van der Waals surface area contributed by atoms with Gasteiger partial charge < -0.3 is 15.0 Å². The van der Waals surface area contributed by atoms with Gasteiger partial charge >= 0.3 is 11.8 Å². The lowest BCUT2D eigenvalue weighted by molar-refractivity contribution is -0.153. The van der Waals surface area contributed by atoms with Gasteiger partial charge in [-0.3, -0.25) is 9.59 Å². The molecule has 0 saturated carbocycles. The van der Waals surface area contributed by atoms with Crippen LogP contribution in [0.4, 0.5) is 0 Å². The Morgan fingerprint density at radius 2 is 2.25 bits per heavy atom. The van der Waals surface area contributed by atoms with E-state index in [1.165, 1.54) is 4.90 Å². The van der Waals surface area contributed by atoms with E-state index in [1.807, 2.05) is 13.8 Å². The largest absolute Gasteiger partial charge is 0.375 e. The van der Waals surface area contributed by atoms with Gasteiger partial charge in [0.1, 0.15) is 6.54 Å². The molecule has 0 bridgehead atoms. The van der Waals surface area contributed by atoms with E-state index in [0.29, 0.717) is 13.2 Å². The fourth-order valence-corrected chi connectivity index (χ4v) is 1.51. The van der Waals surface area contributed by atoms with Crippen molar-refractivity contribution in [3.05, 3.63) is 0 Å². The SMILES string of the molecule is CC1CN(C(=O)C(=O)NCC#N)C(C)CO1. The van der Waals surface area contributed by atoms with Crippen molar-refractivity contribution in [2.75, 3.05) is 19.7 Å². The van der Waals surface area contributed by atoms with E-state index < -0.39 is 11.8 Å². The van der Waals surface area contributed by atoms with Crippen molar-refractivity contribution in [3.8, 4) is 6.07 Å². The lowest BCUT2D eigenvalue weighted by Gasteiger charge is -2.36. The standard InChI is InChI=1S/C10H15N3O3/c1-7-6-16-8(2)5-13(7)10(15)9(14)12-4-3-11/h7-8H,4-6H2,1-2H3,(H,12,14). The first-order valence-corrected chi connectivity index (χ1v) is 5.13. The van der Waals surface area contributed by atoms with Gasteiger partial charge in [-0.05, 0) is 13.8 Å². The maximum absolute atomic E-state index is 11.7. The van der Waals surface area contributed by atoms with E-state index in [2.05, 4.69) is 5.32 Å². The number of hydrogen-bond donors (Lipinski definition) is 1. The van der Waals surface area contributed by atoms with E-state index in [0.717, 1.165) is 0 Å². The molecule has 0 radical (unpaired) electrons. The maximum atomic E-state index is 11.7. The fraction of sp³-hybridized carbons (Fsp3) is 0.700. The second-order valence-corrected chi connectivity index (χ2v) is 3.79. The number of amides is 2. The van der Waals surface area contributed by atoms with Gasteiger partial charge in [-0.1, -0.05) is 0 Å². The molecule has 2 amide bonds. The van der Waals surface area contributed by atoms with Crippen LogP contribution in [0, 0.1) is 11.3 Å². The Morgan fingerprint density at radius 3 is 2.88 bits per heavy atom. The molecule has 6 nitrogen and oxygen atoms in total. The first-order chi connectivity index (χ1) is 7.56. The molecule has 0 aliphatic carbocycles. The van der Waals surface area contributed by atoms with Crippen LogP contribution in [0.3, 0.4) is 0 Å². The summed E-state index contributed by atoms with van der Waals surface area (Å²) in [6.45, 7) is 4.35. The molecule has 0 aromatic carbocycles. The van der Waals surface area contributed by atoms with E-state index in [1.54, 1.807) is 6.07 Å². The highest BCUT2D eigenvalue weighted by atomic mass is 16.5. The summed E-state index contributed by atoms with van der Waals surface area (Å²) in [6, 6.07) is 1.63. The van der Waals surface area contributed by atoms with Crippen LogP contribution in [0.15, 0.2) is 0 Å². The lowest BCUT2D eigenvalue weighted by atomic mass is 10.2. The highest BCUT2D eigenvalue weighted by molar-refractivity contribution is 6.35. The minimum atomic E-state index is -0.734. The number of nitrogens with zero attached hydrogens (tertiary/aromatic N) is 2. The fourth-order valence-electron chi connectivity index (χ4n) is 1.51. The summed E-state index contributed by atoms with van der Waals surface area (Å²) in [7, 11) is 0. The normalized spacial score (nSPS) is 24.7. The molecule has 0 aromatic rings. The third-order valence-electron chi connectivity index (χ3n) is 2.39. The second kappa shape index (κ2) is 5.47. The first-order valence-electron chi connectivity index (χ1n) is 5.13. The molecule has 16 heavy (non-hydrogen) atoms. The molecule has 1 aliphatic heterocycles. The minimum absolute atomic E-state index is 0.0658. The average Bonchev–Trinajstić information content (AvgIpc) is 2.28. The number of carbonyl (C=O) groups excluding carboxylic acids is 2. The Balaban J connectivity index is 2.58.